The third-order valence-corrected chi connectivity index (χ3v) is 5.23. The summed E-state index contributed by atoms with van der Waals surface area (Å²) in [5.74, 6) is 2.18. The first-order valence-electron chi connectivity index (χ1n) is 8.91. The molecule has 3 rings (SSSR count). The molecule has 5 nitrogen and oxygen atoms in total. The van der Waals surface area contributed by atoms with Crippen molar-refractivity contribution in [3.05, 3.63) is 23.8 Å². The minimum absolute atomic E-state index is 0.182. The second-order valence-corrected chi connectivity index (χ2v) is 6.97. The number of hydrogen-bond acceptors (Lipinski definition) is 4. The van der Waals surface area contributed by atoms with E-state index in [1.54, 1.807) is 14.2 Å². The fourth-order valence-electron chi connectivity index (χ4n) is 4.06. The lowest BCUT2D eigenvalue weighted by molar-refractivity contribution is -0.122. The predicted octanol–water partition coefficient (Wildman–Crippen LogP) is 2.28. The maximum atomic E-state index is 12.2. The third-order valence-electron chi connectivity index (χ3n) is 5.23. The highest BCUT2D eigenvalue weighted by Crippen LogP contribution is 2.32. The molecule has 1 aromatic rings. The summed E-state index contributed by atoms with van der Waals surface area (Å²) >= 11 is 0. The van der Waals surface area contributed by atoms with Crippen LogP contribution in [0, 0.1) is 5.92 Å². The zero-order chi connectivity index (χ0) is 16.9. The number of fused-ring (bicyclic) bond motifs is 2. The number of rotatable bonds is 7. The average Bonchev–Trinajstić information content (AvgIpc) is 2.93. The monoisotopic (exact) mass is 332 g/mol. The molecule has 0 aliphatic carbocycles. The molecule has 0 radical (unpaired) electrons. The Morgan fingerprint density at radius 3 is 2.54 bits per heavy atom. The molecule has 2 heterocycles. The van der Waals surface area contributed by atoms with E-state index in [9.17, 15) is 4.79 Å². The van der Waals surface area contributed by atoms with E-state index in [4.69, 9.17) is 9.47 Å². The van der Waals surface area contributed by atoms with Crippen LogP contribution in [0.4, 0.5) is 0 Å². The summed E-state index contributed by atoms with van der Waals surface area (Å²) in [5.41, 5.74) is 1.13. The van der Waals surface area contributed by atoms with E-state index < -0.39 is 0 Å². The molecular weight excluding hydrogens is 304 g/mol. The van der Waals surface area contributed by atoms with Crippen LogP contribution < -0.4 is 20.1 Å². The maximum Gasteiger partial charge on any atom is 0.220 e. The lowest BCUT2D eigenvalue weighted by Crippen LogP contribution is -2.39. The van der Waals surface area contributed by atoms with Crippen LogP contribution in [-0.2, 0) is 11.2 Å². The molecule has 2 fully saturated rings. The van der Waals surface area contributed by atoms with Crippen molar-refractivity contribution in [2.45, 2.75) is 50.6 Å². The average molecular weight is 332 g/mol. The number of amides is 1. The van der Waals surface area contributed by atoms with Crippen molar-refractivity contribution in [3.8, 4) is 11.5 Å². The Hall–Kier alpha value is -1.75. The van der Waals surface area contributed by atoms with E-state index in [0.717, 1.165) is 36.3 Å². The van der Waals surface area contributed by atoms with Gasteiger partial charge in [-0.05, 0) is 55.7 Å². The molecule has 5 heteroatoms. The molecule has 2 aliphatic rings. The number of hydrogen-bond donors (Lipinski definition) is 2. The molecule has 132 valence electrons. The summed E-state index contributed by atoms with van der Waals surface area (Å²) in [6.07, 6.45) is 6.33. The van der Waals surface area contributed by atoms with Crippen molar-refractivity contribution in [2.24, 2.45) is 5.92 Å². The van der Waals surface area contributed by atoms with Gasteiger partial charge in [0, 0.05) is 25.0 Å². The molecular formula is C19H28N2O3. The lowest BCUT2D eigenvalue weighted by Gasteiger charge is -2.28. The molecule has 0 saturated carbocycles. The molecule has 2 atom stereocenters. The second kappa shape index (κ2) is 7.88. The Morgan fingerprint density at radius 1 is 1.17 bits per heavy atom. The Bertz CT molecular complexity index is 564. The van der Waals surface area contributed by atoms with Gasteiger partial charge in [0.15, 0.2) is 11.5 Å². The number of benzene rings is 1. The van der Waals surface area contributed by atoms with Crippen LogP contribution in [-0.4, -0.2) is 38.8 Å². The Labute approximate surface area is 144 Å². The Kier molecular flexibility index (Phi) is 5.61. The van der Waals surface area contributed by atoms with Crippen LogP contribution in [0.2, 0.25) is 0 Å². The second-order valence-electron chi connectivity index (χ2n) is 6.97. The van der Waals surface area contributed by atoms with Gasteiger partial charge >= 0.3 is 0 Å². The van der Waals surface area contributed by atoms with Crippen LogP contribution in [0.25, 0.3) is 0 Å². The zero-order valence-electron chi connectivity index (χ0n) is 14.6. The first-order valence-corrected chi connectivity index (χ1v) is 8.91. The number of nitrogens with one attached hydrogen (secondary N) is 2. The molecule has 2 unspecified atom stereocenters. The van der Waals surface area contributed by atoms with Crippen LogP contribution in [0.1, 0.15) is 37.7 Å². The van der Waals surface area contributed by atoms with Gasteiger partial charge in [-0.2, -0.15) is 0 Å². The molecule has 1 amide bonds. The smallest absolute Gasteiger partial charge is 0.220 e. The first-order chi connectivity index (χ1) is 11.7. The van der Waals surface area contributed by atoms with Crippen molar-refractivity contribution in [2.75, 3.05) is 20.8 Å². The van der Waals surface area contributed by atoms with E-state index in [0.29, 0.717) is 31.0 Å². The number of piperidine rings is 1. The van der Waals surface area contributed by atoms with Crippen LogP contribution in [0.15, 0.2) is 18.2 Å². The summed E-state index contributed by atoms with van der Waals surface area (Å²) in [6, 6.07) is 7.18. The molecule has 0 spiro atoms. The van der Waals surface area contributed by atoms with Gasteiger partial charge in [-0.25, -0.2) is 0 Å². The van der Waals surface area contributed by atoms with Crippen molar-refractivity contribution < 1.29 is 14.3 Å². The van der Waals surface area contributed by atoms with Crippen molar-refractivity contribution in [3.63, 3.8) is 0 Å². The Morgan fingerprint density at radius 2 is 1.88 bits per heavy atom. The van der Waals surface area contributed by atoms with Gasteiger partial charge in [0.1, 0.15) is 0 Å². The highest BCUT2D eigenvalue weighted by molar-refractivity contribution is 5.76. The molecule has 1 aromatic carbocycles. The zero-order valence-corrected chi connectivity index (χ0v) is 14.6. The topological polar surface area (TPSA) is 59.6 Å². The molecule has 2 saturated heterocycles. The van der Waals surface area contributed by atoms with Gasteiger partial charge in [0.05, 0.1) is 14.2 Å². The van der Waals surface area contributed by atoms with Gasteiger partial charge in [0.2, 0.25) is 5.91 Å². The minimum atomic E-state index is 0.182. The van der Waals surface area contributed by atoms with E-state index in [1.165, 1.54) is 12.8 Å². The predicted molar refractivity (Wildman–Crippen MR) is 93.5 cm³/mol. The Balaban J connectivity index is 1.42. The first kappa shape index (κ1) is 17.1. The van der Waals surface area contributed by atoms with Gasteiger partial charge in [-0.3, -0.25) is 4.79 Å². The number of methoxy groups -OCH3 is 2. The van der Waals surface area contributed by atoms with Gasteiger partial charge in [0.25, 0.3) is 0 Å². The summed E-state index contributed by atoms with van der Waals surface area (Å²) in [7, 11) is 3.26. The largest absolute Gasteiger partial charge is 0.493 e. The van der Waals surface area contributed by atoms with E-state index >= 15 is 0 Å². The van der Waals surface area contributed by atoms with Gasteiger partial charge < -0.3 is 20.1 Å². The summed E-state index contributed by atoms with van der Waals surface area (Å²) in [4.78, 5) is 12.2. The van der Waals surface area contributed by atoms with E-state index in [1.807, 2.05) is 18.2 Å². The third kappa shape index (κ3) is 4.20. The fraction of sp³-hybridized carbons (Fsp3) is 0.632. The summed E-state index contributed by atoms with van der Waals surface area (Å²) in [6.45, 7) is 0.659. The highest BCUT2D eigenvalue weighted by atomic mass is 16.5. The molecule has 2 bridgehead atoms. The van der Waals surface area contributed by atoms with Crippen LogP contribution >= 0.6 is 0 Å². The molecule has 0 aromatic heterocycles. The highest BCUT2D eigenvalue weighted by Gasteiger charge is 2.34. The van der Waals surface area contributed by atoms with Crippen molar-refractivity contribution in [1.29, 1.82) is 0 Å². The quantitative estimate of drug-likeness (QED) is 0.804. The maximum absolute atomic E-state index is 12.2. The van der Waals surface area contributed by atoms with E-state index in [-0.39, 0.29) is 5.91 Å². The molecule has 24 heavy (non-hydrogen) atoms. The summed E-state index contributed by atoms with van der Waals surface area (Å²) < 4.78 is 10.6. The molecule has 2 aliphatic heterocycles. The standard InChI is InChI=1S/C19H28N2O3/c1-23-17-6-3-13(11-18(17)24-2)7-8-20-19(22)12-14-9-15-4-5-16(10-14)21-15/h3,6,11,14-16,21H,4-5,7-10,12H2,1-2H3,(H,20,22). The lowest BCUT2D eigenvalue weighted by atomic mass is 9.89. The number of carbonyl (C=O) groups is 1. The van der Waals surface area contributed by atoms with Gasteiger partial charge in [-0.15, -0.1) is 0 Å². The van der Waals surface area contributed by atoms with Crippen molar-refractivity contribution >= 4 is 5.91 Å². The number of carbonyl (C=O) groups excluding carboxylic acids is 1. The van der Waals surface area contributed by atoms with Gasteiger partial charge in [-0.1, -0.05) is 6.07 Å². The normalized spacial score (nSPS) is 25.3. The minimum Gasteiger partial charge on any atom is -0.493 e. The SMILES string of the molecule is COc1ccc(CCNC(=O)CC2CC3CCC(C2)N3)cc1OC. The molecule has 2 N–H and O–H groups in total. The number of ether oxygens (including phenoxy) is 2. The fourth-order valence-corrected chi connectivity index (χ4v) is 4.06. The van der Waals surface area contributed by atoms with Crippen LogP contribution in [0.5, 0.6) is 11.5 Å². The van der Waals surface area contributed by atoms with Crippen molar-refractivity contribution in [1.82, 2.24) is 10.6 Å². The van der Waals surface area contributed by atoms with E-state index in [2.05, 4.69) is 10.6 Å². The van der Waals surface area contributed by atoms with Crippen LogP contribution in [0.3, 0.4) is 0 Å². The summed E-state index contributed by atoms with van der Waals surface area (Å²) in [5, 5.41) is 6.69.